The Morgan fingerprint density at radius 2 is 1.93 bits per heavy atom. The number of nitrogens with one attached hydrogen (secondary N) is 1. The van der Waals surface area contributed by atoms with Crippen LogP contribution >= 0.6 is 15.9 Å². The van der Waals surface area contributed by atoms with Crippen LogP contribution in [0.1, 0.15) is 0 Å². The van der Waals surface area contributed by atoms with Crippen molar-refractivity contribution in [1.82, 2.24) is 4.98 Å². The van der Waals surface area contributed by atoms with Gasteiger partial charge in [-0.3, -0.25) is 4.98 Å². The molecule has 0 saturated carbocycles. The third-order valence-electron chi connectivity index (χ3n) is 2.00. The van der Waals surface area contributed by atoms with Gasteiger partial charge in [-0.25, -0.2) is 0 Å². The van der Waals surface area contributed by atoms with E-state index in [-0.39, 0.29) is 0 Å². The van der Waals surface area contributed by atoms with Gasteiger partial charge in [-0.1, -0.05) is 12.1 Å². The third-order valence-corrected chi connectivity index (χ3v) is 2.69. The third kappa shape index (κ3) is 2.27. The van der Waals surface area contributed by atoms with Crippen molar-refractivity contribution in [2.75, 3.05) is 11.1 Å². The van der Waals surface area contributed by atoms with Crippen molar-refractivity contribution in [2.45, 2.75) is 0 Å². The number of aromatic nitrogens is 1. The molecule has 0 fully saturated rings. The van der Waals surface area contributed by atoms with E-state index in [9.17, 15) is 0 Å². The lowest BCUT2D eigenvalue weighted by Crippen LogP contribution is -1.96. The SMILES string of the molecule is Nc1cnccc1Nc1ccccc1Br. The molecule has 0 saturated heterocycles. The van der Waals surface area contributed by atoms with Gasteiger partial charge in [-0.15, -0.1) is 0 Å². The molecule has 0 aliphatic carbocycles. The zero-order valence-corrected chi connectivity index (χ0v) is 9.53. The fraction of sp³-hybridized carbons (Fsp3) is 0. The maximum Gasteiger partial charge on any atom is 0.0739 e. The zero-order valence-electron chi connectivity index (χ0n) is 7.94. The van der Waals surface area contributed by atoms with Gasteiger partial charge >= 0.3 is 0 Å². The highest BCUT2D eigenvalue weighted by molar-refractivity contribution is 9.10. The Hall–Kier alpha value is -1.55. The van der Waals surface area contributed by atoms with Gasteiger partial charge in [0.2, 0.25) is 0 Å². The second kappa shape index (κ2) is 4.31. The molecule has 0 aliphatic rings. The maximum atomic E-state index is 5.78. The topological polar surface area (TPSA) is 50.9 Å². The van der Waals surface area contributed by atoms with Crippen LogP contribution in [0.25, 0.3) is 0 Å². The molecule has 3 nitrogen and oxygen atoms in total. The molecule has 0 spiro atoms. The summed E-state index contributed by atoms with van der Waals surface area (Å²) < 4.78 is 1.00. The minimum atomic E-state index is 0.633. The molecule has 0 unspecified atom stereocenters. The second-order valence-electron chi connectivity index (χ2n) is 3.07. The molecule has 0 aliphatic heterocycles. The van der Waals surface area contributed by atoms with Crippen molar-refractivity contribution in [3.63, 3.8) is 0 Å². The molecule has 3 N–H and O–H groups in total. The van der Waals surface area contributed by atoms with Gasteiger partial charge in [0, 0.05) is 10.7 Å². The number of nitrogen functional groups attached to an aromatic ring is 1. The van der Waals surface area contributed by atoms with Crippen LogP contribution < -0.4 is 11.1 Å². The van der Waals surface area contributed by atoms with Crippen molar-refractivity contribution in [2.24, 2.45) is 0 Å². The summed E-state index contributed by atoms with van der Waals surface area (Å²) in [7, 11) is 0. The first-order valence-electron chi connectivity index (χ1n) is 4.48. The summed E-state index contributed by atoms with van der Waals surface area (Å²) in [6, 6.07) is 9.72. The Morgan fingerprint density at radius 1 is 1.13 bits per heavy atom. The highest BCUT2D eigenvalue weighted by Gasteiger charge is 2.01. The Balaban J connectivity index is 2.30. The van der Waals surface area contributed by atoms with Crippen LogP contribution in [-0.4, -0.2) is 4.98 Å². The lowest BCUT2D eigenvalue weighted by molar-refractivity contribution is 1.33. The summed E-state index contributed by atoms with van der Waals surface area (Å²) in [5, 5.41) is 3.23. The van der Waals surface area contributed by atoms with Crippen LogP contribution in [0.5, 0.6) is 0 Å². The van der Waals surface area contributed by atoms with Gasteiger partial charge in [0.15, 0.2) is 0 Å². The molecule has 2 aromatic rings. The highest BCUT2D eigenvalue weighted by Crippen LogP contribution is 2.27. The lowest BCUT2D eigenvalue weighted by atomic mass is 10.3. The Bertz CT molecular complexity index is 427. The summed E-state index contributed by atoms with van der Waals surface area (Å²) in [4.78, 5) is 3.93. The molecular weight excluding hydrogens is 254 g/mol. The van der Waals surface area contributed by atoms with Gasteiger partial charge < -0.3 is 11.1 Å². The molecule has 0 amide bonds. The minimum absolute atomic E-state index is 0.633. The smallest absolute Gasteiger partial charge is 0.0739 e. The summed E-state index contributed by atoms with van der Waals surface area (Å²) in [5.41, 5.74) is 8.25. The number of pyridine rings is 1. The molecule has 15 heavy (non-hydrogen) atoms. The first kappa shape index (κ1) is 9.98. The molecule has 2 rings (SSSR count). The first-order valence-corrected chi connectivity index (χ1v) is 5.28. The predicted molar refractivity (Wildman–Crippen MR) is 66.1 cm³/mol. The van der Waals surface area contributed by atoms with E-state index in [1.54, 1.807) is 12.4 Å². The highest BCUT2D eigenvalue weighted by atomic mass is 79.9. The van der Waals surface area contributed by atoms with E-state index in [4.69, 9.17) is 5.73 Å². The van der Waals surface area contributed by atoms with Crippen molar-refractivity contribution < 1.29 is 0 Å². The average Bonchev–Trinajstić information content (AvgIpc) is 2.24. The average molecular weight is 264 g/mol. The van der Waals surface area contributed by atoms with E-state index in [2.05, 4.69) is 26.2 Å². The molecule has 4 heteroatoms. The zero-order chi connectivity index (χ0) is 10.7. The number of anilines is 3. The van der Waals surface area contributed by atoms with Gasteiger partial charge in [0.1, 0.15) is 0 Å². The quantitative estimate of drug-likeness (QED) is 0.875. The molecule has 76 valence electrons. The van der Waals surface area contributed by atoms with Crippen molar-refractivity contribution in [1.29, 1.82) is 0 Å². The molecule has 0 bridgehead atoms. The number of nitrogens with two attached hydrogens (primary N) is 1. The molecule has 1 heterocycles. The number of hydrogen-bond acceptors (Lipinski definition) is 3. The normalized spacial score (nSPS) is 9.93. The number of hydrogen-bond donors (Lipinski definition) is 2. The summed E-state index contributed by atoms with van der Waals surface area (Å²) in [6.07, 6.45) is 3.33. The minimum Gasteiger partial charge on any atom is -0.396 e. The molecule has 1 aromatic carbocycles. The van der Waals surface area contributed by atoms with Crippen LogP contribution in [0.3, 0.4) is 0 Å². The standard InChI is InChI=1S/C11H10BrN3/c12-8-3-1-2-4-10(8)15-11-5-6-14-7-9(11)13/h1-7H,13H2,(H,14,15). The molecular formula is C11H10BrN3. The van der Waals surface area contributed by atoms with Gasteiger partial charge in [-0.2, -0.15) is 0 Å². The first-order chi connectivity index (χ1) is 7.27. The predicted octanol–water partition coefficient (Wildman–Crippen LogP) is 3.17. The molecule has 0 atom stereocenters. The van der Waals surface area contributed by atoms with Crippen LogP contribution in [0.15, 0.2) is 47.2 Å². The number of nitrogens with zero attached hydrogens (tertiary/aromatic N) is 1. The van der Waals surface area contributed by atoms with Gasteiger partial charge in [0.25, 0.3) is 0 Å². The largest absolute Gasteiger partial charge is 0.396 e. The lowest BCUT2D eigenvalue weighted by Gasteiger charge is -2.09. The summed E-state index contributed by atoms with van der Waals surface area (Å²) in [5.74, 6) is 0. The van der Waals surface area contributed by atoms with Crippen LogP contribution in [0.2, 0.25) is 0 Å². The number of para-hydroxylation sites is 1. The summed E-state index contributed by atoms with van der Waals surface area (Å²) in [6.45, 7) is 0. The maximum absolute atomic E-state index is 5.78. The Kier molecular flexibility index (Phi) is 2.87. The van der Waals surface area contributed by atoms with E-state index in [1.165, 1.54) is 0 Å². The fourth-order valence-corrected chi connectivity index (χ4v) is 1.61. The van der Waals surface area contributed by atoms with E-state index in [0.717, 1.165) is 15.8 Å². The van der Waals surface area contributed by atoms with Crippen LogP contribution in [0.4, 0.5) is 17.1 Å². The van der Waals surface area contributed by atoms with Crippen molar-refractivity contribution in [3.8, 4) is 0 Å². The molecule has 1 aromatic heterocycles. The van der Waals surface area contributed by atoms with E-state index >= 15 is 0 Å². The number of benzene rings is 1. The van der Waals surface area contributed by atoms with Crippen LogP contribution in [-0.2, 0) is 0 Å². The Labute approximate surface area is 96.5 Å². The monoisotopic (exact) mass is 263 g/mol. The summed E-state index contributed by atoms with van der Waals surface area (Å²) >= 11 is 3.46. The Morgan fingerprint density at radius 3 is 2.67 bits per heavy atom. The fourth-order valence-electron chi connectivity index (χ4n) is 1.23. The van der Waals surface area contributed by atoms with Crippen molar-refractivity contribution in [3.05, 3.63) is 47.2 Å². The van der Waals surface area contributed by atoms with E-state index < -0.39 is 0 Å². The number of halogens is 1. The molecule has 0 radical (unpaired) electrons. The second-order valence-corrected chi connectivity index (χ2v) is 3.92. The van der Waals surface area contributed by atoms with Crippen LogP contribution in [0, 0.1) is 0 Å². The van der Waals surface area contributed by atoms with E-state index in [0.29, 0.717) is 5.69 Å². The van der Waals surface area contributed by atoms with E-state index in [1.807, 2.05) is 30.3 Å². The van der Waals surface area contributed by atoms with Gasteiger partial charge in [-0.05, 0) is 34.1 Å². The number of rotatable bonds is 2. The van der Waals surface area contributed by atoms with Crippen molar-refractivity contribution >= 4 is 33.0 Å². The van der Waals surface area contributed by atoms with Gasteiger partial charge in [0.05, 0.1) is 23.3 Å².